The van der Waals surface area contributed by atoms with Crippen LogP contribution in [-0.2, 0) is 23.2 Å². The largest absolute Gasteiger partial charge is 0.331 e. The zero-order chi connectivity index (χ0) is 11.7. The maximum absolute atomic E-state index is 11.5. The molecule has 1 aromatic heterocycles. The molecule has 4 amide bonds. The average Bonchev–Trinajstić information content (AvgIpc) is 2.57. The van der Waals surface area contributed by atoms with Crippen molar-refractivity contribution in [1.29, 1.82) is 0 Å². The highest BCUT2D eigenvalue weighted by Gasteiger charge is 2.31. The van der Waals surface area contributed by atoms with Gasteiger partial charge in [0.1, 0.15) is 6.42 Å². The van der Waals surface area contributed by atoms with Crippen molar-refractivity contribution >= 4 is 17.8 Å². The number of amides is 4. The molecule has 1 N–H and O–H groups in total. The maximum Gasteiger partial charge on any atom is 0.331 e. The average molecular weight is 222 g/mol. The van der Waals surface area contributed by atoms with Gasteiger partial charge in [0.2, 0.25) is 11.8 Å². The molecule has 1 aliphatic rings. The molecular formula is C9H10N4O3. The van der Waals surface area contributed by atoms with Crippen LogP contribution < -0.4 is 5.32 Å². The van der Waals surface area contributed by atoms with E-state index in [-0.39, 0.29) is 13.0 Å². The van der Waals surface area contributed by atoms with Crippen molar-refractivity contribution in [3.8, 4) is 0 Å². The Morgan fingerprint density at radius 1 is 1.44 bits per heavy atom. The molecule has 7 heteroatoms. The fourth-order valence-electron chi connectivity index (χ4n) is 1.46. The first-order valence-corrected chi connectivity index (χ1v) is 4.69. The van der Waals surface area contributed by atoms with Gasteiger partial charge in [-0.05, 0) is 6.07 Å². The highest BCUT2D eigenvalue weighted by molar-refractivity contribution is 6.13. The van der Waals surface area contributed by atoms with Crippen molar-refractivity contribution < 1.29 is 14.4 Å². The lowest BCUT2D eigenvalue weighted by molar-refractivity contribution is -0.136. The first-order valence-electron chi connectivity index (χ1n) is 4.69. The molecule has 1 saturated heterocycles. The Labute approximate surface area is 91.0 Å². The van der Waals surface area contributed by atoms with E-state index >= 15 is 0 Å². The Morgan fingerprint density at radius 3 is 2.75 bits per heavy atom. The molecule has 2 rings (SSSR count). The summed E-state index contributed by atoms with van der Waals surface area (Å²) >= 11 is 0. The van der Waals surface area contributed by atoms with E-state index in [4.69, 9.17) is 0 Å². The van der Waals surface area contributed by atoms with Crippen LogP contribution in [0.1, 0.15) is 12.1 Å². The minimum Gasteiger partial charge on any atom is -0.277 e. The van der Waals surface area contributed by atoms with Crippen molar-refractivity contribution in [3.63, 3.8) is 0 Å². The lowest BCUT2D eigenvalue weighted by Crippen LogP contribution is -2.52. The number of imide groups is 2. The third-order valence-electron chi connectivity index (χ3n) is 2.35. The summed E-state index contributed by atoms with van der Waals surface area (Å²) in [5, 5.41) is 6.02. The van der Waals surface area contributed by atoms with Gasteiger partial charge in [-0.15, -0.1) is 0 Å². The SMILES string of the molecule is Cn1nccc1CN1C(=O)CC(=O)NC1=O. The van der Waals surface area contributed by atoms with Gasteiger partial charge in [-0.3, -0.25) is 24.5 Å². The summed E-state index contributed by atoms with van der Waals surface area (Å²) in [4.78, 5) is 34.8. The minimum atomic E-state index is -0.678. The second kappa shape index (κ2) is 3.76. The minimum absolute atomic E-state index is 0.119. The number of carbonyl (C=O) groups excluding carboxylic acids is 3. The topological polar surface area (TPSA) is 84.3 Å². The van der Waals surface area contributed by atoms with E-state index in [2.05, 4.69) is 10.4 Å². The fourth-order valence-corrected chi connectivity index (χ4v) is 1.46. The van der Waals surface area contributed by atoms with E-state index in [9.17, 15) is 14.4 Å². The molecule has 0 radical (unpaired) electrons. The molecule has 0 atom stereocenters. The molecule has 0 aromatic carbocycles. The van der Waals surface area contributed by atoms with Crippen molar-refractivity contribution in [3.05, 3.63) is 18.0 Å². The Bertz CT molecular complexity index is 445. The van der Waals surface area contributed by atoms with E-state index in [1.54, 1.807) is 24.0 Å². The van der Waals surface area contributed by atoms with E-state index < -0.39 is 17.8 Å². The predicted octanol–water partition coefficient (Wildman–Crippen LogP) is -0.611. The van der Waals surface area contributed by atoms with Crippen LogP contribution in [0.3, 0.4) is 0 Å². The van der Waals surface area contributed by atoms with Gasteiger partial charge in [0.15, 0.2) is 0 Å². The number of hydrogen-bond acceptors (Lipinski definition) is 4. The molecule has 0 unspecified atom stereocenters. The summed E-state index contributed by atoms with van der Waals surface area (Å²) in [6.45, 7) is 0.119. The van der Waals surface area contributed by atoms with Crippen LogP contribution >= 0.6 is 0 Å². The molecule has 16 heavy (non-hydrogen) atoms. The zero-order valence-corrected chi connectivity index (χ0v) is 8.64. The van der Waals surface area contributed by atoms with Crippen molar-refractivity contribution in [2.75, 3.05) is 0 Å². The maximum atomic E-state index is 11.5. The second-order valence-electron chi connectivity index (χ2n) is 3.46. The van der Waals surface area contributed by atoms with Crippen LogP contribution in [0.5, 0.6) is 0 Å². The van der Waals surface area contributed by atoms with Gasteiger partial charge in [-0.1, -0.05) is 0 Å². The number of barbiturate groups is 1. The van der Waals surface area contributed by atoms with Crippen molar-refractivity contribution in [2.45, 2.75) is 13.0 Å². The predicted molar refractivity (Wildman–Crippen MR) is 51.9 cm³/mol. The quantitative estimate of drug-likeness (QED) is 0.676. The lowest BCUT2D eigenvalue weighted by atomic mass is 10.2. The highest BCUT2D eigenvalue weighted by atomic mass is 16.2. The molecule has 84 valence electrons. The summed E-state index contributed by atoms with van der Waals surface area (Å²) in [6, 6.07) is 1.03. The Hall–Kier alpha value is -2.18. The number of nitrogens with zero attached hydrogens (tertiary/aromatic N) is 3. The highest BCUT2D eigenvalue weighted by Crippen LogP contribution is 2.08. The summed E-state index contributed by atoms with van der Waals surface area (Å²) in [6.07, 6.45) is 1.29. The van der Waals surface area contributed by atoms with Crippen LogP contribution in [-0.4, -0.2) is 32.5 Å². The Balaban J connectivity index is 2.15. The molecule has 0 aliphatic carbocycles. The number of aromatic nitrogens is 2. The van der Waals surface area contributed by atoms with E-state index in [1.807, 2.05) is 0 Å². The molecular weight excluding hydrogens is 212 g/mol. The van der Waals surface area contributed by atoms with Crippen LogP contribution in [0.2, 0.25) is 0 Å². The van der Waals surface area contributed by atoms with Crippen LogP contribution in [0, 0.1) is 0 Å². The van der Waals surface area contributed by atoms with Gasteiger partial charge in [0, 0.05) is 13.2 Å². The zero-order valence-electron chi connectivity index (χ0n) is 8.64. The summed E-state index contributed by atoms with van der Waals surface area (Å²) in [5.41, 5.74) is 0.720. The van der Waals surface area contributed by atoms with E-state index in [0.29, 0.717) is 0 Å². The van der Waals surface area contributed by atoms with Crippen LogP contribution in [0.15, 0.2) is 12.3 Å². The number of nitrogens with one attached hydrogen (secondary N) is 1. The van der Waals surface area contributed by atoms with Crippen molar-refractivity contribution in [1.82, 2.24) is 20.0 Å². The van der Waals surface area contributed by atoms with Gasteiger partial charge < -0.3 is 0 Å². The summed E-state index contributed by atoms with van der Waals surface area (Å²) < 4.78 is 1.57. The van der Waals surface area contributed by atoms with Crippen LogP contribution in [0.25, 0.3) is 0 Å². The smallest absolute Gasteiger partial charge is 0.277 e. The third-order valence-corrected chi connectivity index (χ3v) is 2.35. The summed E-state index contributed by atoms with van der Waals surface area (Å²) in [5.74, 6) is -1.05. The van der Waals surface area contributed by atoms with Gasteiger partial charge in [-0.2, -0.15) is 5.10 Å². The number of carbonyl (C=O) groups is 3. The molecule has 0 saturated carbocycles. The van der Waals surface area contributed by atoms with Crippen molar-refractivity contribution in [2.24, 2.45) is 7.05 Å². The molecule has 7 nitrogen and oxygen atoms in total. The third kappa shape index (κ3) is 1.79. The number of rotatable bonds is 2. The molecule has 0 spiro atoms. The van der Waals surface area contributed by atoms with E-state index in [0.717, 1.165) is 10.6 Å². The number of hydrogen-bond donors (Lipinski definition) is 1. The number of aryl methyl sites for hydroxylation is 1. The van der Waals surface area contributed by atoms with Gasteiger partial charge in [0.05, 0.1) is 12.2 Å². The Morgan fingerprint density at radius 2 is 2.19 bits per heavy atom. The monoisotopic (exact) mass is 222 g/mol. The molecule has 1 aromatic rings. The molecule has 0 bridgehead atoms. The molecule has 2 heterocycles. The van der Waals surface area contributed by atoms with E-state index in [1.165, 1.54) is 0 Å². The first kappa shape index (κ1) is 10.3. The molecule has 1 fully saturated rings. The normalized spacial score (nSPS) is 16.6. The van der Waals surface area contributed by atoms with Crippen LogP contribution in [0.4, 0.5) is 4.79 Å². The van der Waals surface area contributed by atoms with Gasteiger partial charge >= 0.3 is 6.03 Å². The number of urea groups is 1. The van der Waals surface area contributed by atoms with Gasteiger partial charge in [0.25, 0.3) is 0 Å². The Kier molecular flexibility index (Phi) is 2.43. The summed E-state index contributed by atoms with van der Waals surface area (Å²) in [7, 11) is 1.72. The standard InChI is InChI=1S/C9H10N4O3/c1-12-6(2-3-10-12)5-13-8(15)4-7(14)11-9(13)16/h2-3H,4-5H2,1H3,(H,11,14,16). The van der Waals surface area contributed by atoms with Gasteiger partial charge in [-0.25, -0.2) is 4.79 Å². The fraction of sp³-hybridized carbons (Fsp3) is 0.333. The first-order chi connectivity index (χ1) is 7.58. The second-order valence-corrected chi connectivity index (χ2v) is 3.46. The molecule has 1 aliphatic heterocycles. The lowest BCUT2D eigenvalue weighted by Gasteiger charge is -2.24.